The van der Waals surface area contributed by atoms with Crippen LogP contribution in [0.25, 0.3) is 0 Å². The van der Waals surface area contributed by atoms with Gasteiger partial charge in [-0.3, -0.25) is 0 Å². The van der Waals surface area contributed by atoms with Gasteiger partial charge >= 0.3 is 0 Å². The molecule has 1 aliphatic rings. The van der Waals surface area contributed by atoms with Crippen molar-refractivity contribution in [2.24, 2.45) is 0 Å². The number of ether oxygens (including phenoxy) is 4. The third kappa shape index (κ3) is 1.54. The molecule has 1 rings (SSSR count). The molecular weight excluding hydrogens is 160 g/mol. The highest BCUT2D eigenvalue weighted by Gasteiger charge is 2.42. The second-order valence-electron chi connectivity index (χ2n) is 2.77. The van der Waals surface area contributed by atoms with E-state index in [2.05, 4.69) is 0 Å². The normalized spacial score (nSPS) is 28.2. The molecule has 0 saturated heterocycles. The van der Waals surface area contributed by atoms with Gasteiger partial charge in [-0.25, -0.2) is 0 Å². The van der Waals surface area contributed by atoms with E-state index in [-0.39, 0.29) is 0 Å². The second kappa shape index (κ2) is 3.33. The standard InChI is InChI=1S/C8H14O4/c1-6-5-11-8(2,12-6)7(9-3)10-4/h5,7H,1-4H3. The Morgan fingerprint density at radius 2 is 2.00 bits per heavy atom. The molecule has 0 aromatic heterocycles. The molecular formula is C8H14O4. The third-order valence-electron chi connectivity index (χ3n) is 1.68. The summed E-state index contributed by atoms with van der Waals surface area (Å²) >= 11 is 0. The quantitative estimate of drug-likeness (QED) is 0.603. The van der Waals surface area contributed by atoms with Crippen LogP contribution in [0.1, 0.15) is 13.8 Å². The van der Waals surface area contributed by atoms with Gasteiger partial charge in [0.25, 0.3) is 5.79 Å². The van der Waals surface area contributed by atoms with Crippen LogP contribution in [0, 0.1) is 0 Å². The van der Waals surface area contributed by atoms with Crippen LogP contribution in [0.15, 0.2) is 12.0 Å². The highest BCUT2D eigenvalue weighted by atomic mass is 16.8. The summed E-state index contributed by atoms with van der Waals surface area (Å²) in [4.78, 5) is 0. The lowest BCUT2D eigenvalue weighted by Gasteiger charge is -2.29. The predicted octanol–water partition coefficient (Wildman–Crippen LogP) is 1.23. The Bertz CT molecular complexity index is 185. The van der Waals surface area contributed by atoms with Crippen molar-refractivity contribution >= 4 is 0 Å². The Balaban J connectivity index is 2.61. The van der Waals surface area contributed by atoms with Crippen LogP contribution < -0.4 is 0 Å². The summed E-state index contributed by atoms with van der Waals surface area (Å²) in [5.41, 5.74) is 0. The number of allylic oxidation sites excluding steroid dienone is 1. The molecule has 0 bridgehead atoms. The van der Waals surface area contributed by atoms with E-state index in [0.29, 0.717) is 0 Å². The maximum Gasteiger partial charge on any atom is 0.298 e. The van der Waals surface area contributed by atoms with Crippen LogP contribution in [0.4, 0.5) is 0 Å². The molecule has 1 atom stereocenters. The molecule has 12 heavy (non-hydrogen) atoms. The van der Waals surface area contributed by atoms with E-state index in [1.165, 1.54) is 0 Å². The summed E-state index contributed by atoms with van der Waals surface area (Å²) in [5, 5.41) is 0. The number of hydrogen-bond donors (Lipinski definition) is 0. The maximum absolute atomic E-state index is 5.38. The second-order valence-corrected chi connectivity index (χ2v) is 2.77. The molecule has 0 aromatic carbocycles. The summed E-state index contributed by atoms with van der Waals surface area (Å²) in [5.74, 6) is -0.135. The van der Waals surface area contributed by atoms with Gasteiger partial charge in [0.15, 0.2) is 0 Å². The first-order valence-electron chi connectivity index (χ1n) is 3.71. The first-order valence-corrected chi connectivity index (χ1v) is 3.71. The highest BCUT2D eigenvalue weighted by Crippen LogP contribution is 2.29. The first-order chi connectivity index (χ1) is 5.62. The Labute approximate surface area is 72.1 Å². The van der Waals surface area contributed by atoms with E-state index in [0.717, 1.165) is 5.76 Å². The van der Waals surface area contributed by atoms with E-state index >= 15 is 0 Å². The van der Waals surface area contributed by atoms with E-state index in [4.69, 9.17) is 18.9 Å². The highest BCUT2D eigenvalue weighted by molar-refractivity contribution is 4.93. The molecule has 0 aliphatic carbocycles. The zero-order valence-corrected chi connectivity index (χ0v) is 7.79. The molecule has 0 amide bonds. The molecule has 0 radical (unpaired) electrons. The smallest absolute Gasteiger partial charge is 0.298 e. The van der Waals surface area contributed by atoms with Crippen molar-refractivity contribution in [3.63, 3.8) is 0 Å². The molecule has 0 N–H and O–H groups in total. The molecule has 0 saturated carbocycles. The average molecular weight is 174 g/mol. The van der Waals surface area contributed by atoms with Crippen LogP contribution in [-0.4, -0.2) is 26.3 Å². The van der Waals surface area contributed by atoms with E-state index in [1.807, 2.05) is 6.92 Å². The van der Waals surface area contributed by atoms with Crippen molar-refractivity contribution in [3.05, 3.63) is 12.0 Å². The van der Waals surface area contributed by atoms with Gasteiger partial charge in [-0.05, 0) is 6.92 Å². The van der Waals surface area contributed by atoms with Gasteiger partial charge in [0.1, 0.15) is 12.0 Å². The molecule has 4 nitrogen and oxygen atoms in total. The Morgan fingerprint density at radius 1 is 1.42 bits per heavy atom. The Hall–Kier alpha value is -0.740. The lowest BCUT2D eigenvalue weighted by atomic mass is 10.3. The lowest BCUT2D eigenvalue weighted by Crippen LogP contribution is -2.43. The largest absolute Gasteiger partial charge is 0.452 e. The summed E-state index contributed by atoms with van der Waals surface area (Å²) < 4.78 is 20.7. The van der Waals surface area contributed by atoms with Crippen LogP contribution in [-0.2, 0) is 18.9 Å². The van der Waals surface area contributed by atoms with E-state index < -0.39 is 12.1 Å². The molecule has 1 heterocycles. The molecule has 0 spiro atoms. The topological polar surface area (TPSA) is 36.9 Å². The first kappa shape index (κ1) is 9.35. The van der Waals surface area contributed by atoms with Crippen LogP contribution in [0.3, 0.4) is 0 Å². The molecule has 4 heteroatoms. The fraction of sp³-hybridized carbons (Fsp3) is 0.750. The van der Waals surface area contributed by atoms with E-state index in [9.17, 15) is 0 Å². The third-order valence-corrected chi connectivity index (χ3v) is 1.68. The minimum absolute atomic E-state index is 0.522. The van der Waals surface area contributed by atoms with Crippen LogP contribution in [0.2, 0.25) is 0 Å². The zero-order valence-electron chi connectivity index (χ0n) is 7.79. The van der Waals surface area contributed by atoms with Crippen molar-refractivity contribution in [1.29, 1.82) is 0 Å². The van der Waals surface area contributed by atoms with Crippen molar-refractivity contribution in [1.82, 2.24) is 0 Å². The number of rotatable bonds is 3. The summed E-state index contributed by atoms with van der Waals surface area (Å²) in [7, 11) is 3.08. The van der Waals surface area contributed by atoms with Crippen molar-refractivity contribution in [3.8, 4) is 0 Å². The summed E-state index contributed by atoms with van der Waals surface area (Å²) in [6.07, 6.45) is 1.02. The fourth-order valence-corrected chi connectivity index (χ4v) is 1.20. The molecule has 70 valence electrons. The zero-order chi connectivity index (χ0) is 9.19. The molecule has 1 unspecified atom stereocenters. The Morgan fingerprint density at radius 3 is 2.33 bits per heavy atom. The molecule has 0 aromatic rings. The van der Waals surface area contributed by atoms with Gasteiger partial charge < -0.3 is 18.9 Å². The average Bonchev–Trinajstić information content (AvgIpc) is 2.34. The van der Waals surface area contributed by atoms with E-state index in [1.54, 1.807) is 27.4 Å². The number of methoxy groups -OCH3 is 2. The SMILES string of the molecule is COC(OC)C1(C)OC=C(C)O1. The van der Waals surface area contributed by atoms with Gasteiger partial charge in [0.2, 0.25) is 6.29 Å². The van der Waals surface area contributed by atoms with Gasteiger partial charge in [0.05, 0.1) is 0 Å². The summed E-state index contributed by atoms with van der Waals surface area (Å²) in [6, 6.07) is 0. The monoisotopic (exact) mass is 174 g/mol. The van der Waals surface area contributed by atoms with Crippen molar-refractivity contribution in [2.75, 3.05) is 14.2 Å². The molecule has 1 aliphatic heterocycles. The van der Waals surface area contributed by atoms with Crippen molar-refractivity contribution in [2.45, 2.75) is 25.9 Å². The predicted molar refractivity (Wildman–Crippen MR) is 42.1 cm³/mol. The Kier molecular flexibility index (Phi) is 2.59. The fourth-order valence-electron chi connectivity index (χ4n) is 1.20. The van der Waals surface area contributed by atoms with Gasteiger partial charge in [-0.15, -0.1) is 0 Å². The minimum atomic E-state index is -0.854. The minimum Gasteiger partial charge on any atom is -0.452 e. The van der Waals surface area contributed by atoms with Crippen LogP contribution in [0.5, 0.6) is 0 Å². The maximum atomic E-state index is 5.38. The summed E-state index contributed by atoms with van der Waals surface area (Å²) in [6.45, 7) is 3.57. The van der Waals surface area contributed by atoms with Gasteiger partial charge in [-0.1, -0.05) is 0 Å². The van der Waals surface area contributed by atoms with Gasteiger partial charge in [-0.2, -0.15) is 0 Å². The van der Waals surface area contributed by atoms with Crippen molar-refractivity contribution < 1.29 is 18.9 Å². The van der Waals surface area contributed by atoms with Crippen LogP contribution >= 0.6 is 0 Å². The molecule has 0 fully saturated rings. The lowest BCUT2D eigenvalue weighted by molar-refractivity contribution is -0.286. The van der Waals surface area contributed by atoms with Gasteiger partial charge in [0, 0.05) is 21.1 Å². The number of hydrogen-bond acceptors (Lipinski definition) is 4.